The summed E-state index contributed by atoms with van der Waals surface area (Å²) in [5, 5.41) is 13.9. The predicted octanol–water partition coefficient (Wildman–Crippen LogP) is 2.31. The number of hydrogen-bond acceptors (Lipinski definition) is 3. The van der Waals surface area contributed by atoms with E-state index in [1.165, 1.54) is 6.42 Å². The summed E-state index contributed by atoms with van der Waals surface area (Å²) in [5.41, 5.74) is 0.108. The molecule has 0 heterocycles. The molecular formula is C16H31NO2S. The lowest BCUT2D eigenvalue weighted by molar-refractivity contribution is 0.0160. The number of aliphatic hydroxyl groups excluding tert-OH is 1. The van der Waals surface area contributed by atoms with Gasteiger partial charge < -0.3 is 10.4 Å². The Bertz CT molecular complexity index is 388. The van der Waals surface area contributed by atoms with Gasteiger partial charge in [-0.1, -0.05) is 13.8 Å². The average Bonchev–Trinajstić information content (AvgIpc) is 2.61. The van der Waals surface area contributed by atoms with Crippen LogP contribution in [0.3, 0.4) is 0 Å². The normalized spacial score (nSPS) is 37.3. The Labute approximate surface area is 126 Å². The van der Waals surface area contributed by atoms with Crippen LogP contribution in [-0.4, -0.2) is 39.0 Å². The van der Waals surface area contributed by atoms with Crippen LogP contribution in [0, 0.1) is 16.7 Å². The summed E-state index contributed by atoms with van der Waals surface area (Å²) in [4.78, 5) is 0. The highest BCUT2D eigenvalue weighted by atomic mass is 32.2. The van der Waals surface area contributed by atoms with Crippen molar-refractivity contribution in [3.05, 3.63) is 0 Å². The molecule has 2 aliphatic carbocycles. The third kappa shape index (κ3) is 2.84. The van der Waals surface area contributed by atoms with Gasteiger partial charge in [-0.2, -0.15) is 0 Å². The van der Waals surface area contributed by atoms with E-state index in [1.54, 1.807) is 0 Å². The van der Waals surface area contributed by atoms with Crippen LogP contribution in [0.5, 0.6) is 0 Å². The first kappa shape index (κ1) is 16.4. The van der Waals surface area contributed by atoms with Crippen molar-refractivity contribution in [3.8, 4) is 0 Å². The van der Waals surface area contributed by atoms with E-state index >= 15 is 0 Å². The first-order valence-electron chi connectivity index (χ1n) is 7.86. The van der Waals surface area contributed by atoms with Gasteiger partial charge in [-0.3, -0.25) is 4.21 Å². The maximum Gasteiger partial charge on any atom is 0.0613 e. The fourth-order valence-corrected chi connectivity index (χ4v) is 6.04. The van der Waals surface area contributed by atoms with Crippen LogP contribution < -0.4 is 5.32 Å². The summed E-state index contributed by atoms with van der Waals surface area (Å²) in [6.07, 6.45) is 2.90. The molecule has 3 nitrogen and oxygen atoms in total. The standard InChI is InChI=1S/C16H31NO2S/c1-14(2,3)17-8-9-20(19)11-16-7-6-12(10-13(16)18)15(16,4)5/h12-13,17-18H,6-11H2,1-5H3/t12-,13-,16-,20-/m1/s1. The maximum absolute atomic E-state index is 12.5. The SMILES string of the molecule is CC(C)(C)NCC[S@@](=O)C[C@]12CC[C@H](C[C@H]1O)C2(C)C. The van der Waals surface area contributed by atoms with Crippen LogP contribution in [-0.2, 0) is 10.8 Å². The second-order valence-corrected chi connectivity index (χ2v) is 9.91. The highest BCUT2D eigenvalue weighted by molar-refractivity contribution is 7.85. The van der Waals surface area contributed by atoms with Crippen molar-refractivity contribution in [1.29, 1.82) is 0 Å². The first-order valence-corrected chi connectivity index (χ1v) is 9.35. The molecule has 4 heteroatoms. The fraction of sp³-hybridized carbons (Fsp3) is 1.00. The molecular weight excluding hydrogens is 270 g/mol. The molecule has 0 amide bonds. The monoisotopic (exact) mass is 301 g/mol. The molecule has 0 unspecified atom stereocenters. The van der Waals surface area contributed by atoms with Crippen LogP contribution in [0.15, 0.2) is 0 Å². The molecule has 2 saturated carbocycles. The van der Waals surface area contributed by atoms with Crippen molar-refractivity contribution < 1.29 is 9.32 Å². The zero-order valence-electron chi connectivity index (χ0n) is 13.7. The summed E-state index contributed by atoms with van der Waals surface area (Å²) in [6, 6.07) is 0. The predicted molar refractivity (Wildman–Crippen MR) is 85.2 cm³/mol. The lowest BCUT2D eigenvalue weighted by atomic mass is 9.70. The Morgan fingerprint density at radius 1 is 1.35 bits per heavy atom. The van der Waals surface area contributed by atoms with E-state index in [0.29, 0.717) is 17.4 Å². The molecule has 4 atom stereocenters. The third-order valence-corrected chi connectivity index (χ3v) is 7.29. The van der Waals surface area contributed by atoms with E-state index < -0.39 is 10.8 Å². The lowest BCUT2D eigenvalue weighted by Crippen LogP contribution is -2.44. The second-order valence-electron chi connectivity index (χ2n) is 8.33. The van der Waals surface area contributed by atoms with Gasteiger partial charge in [-0.15, -0.1) is 0 Å². The maximum atomic E-state index is 12.5. The number of fused-ring (bicyclic) bond motifs is 2. The quantitative estimate of drug-likeness (QED) is 0.819. The van der Waals surface area contributed by atoms with E-state index in [0.717, 1.165) is 19.4 Å². The smallest absolute Gasteiger partial charge is 0.0613 e. The molecule has 118 valence electrons. The molecule has 0 saturated heterocycles. The van der Waals surface area contributed by atoms with Gasteiger partial charge in [0.15, 0.2) is 0 Å². The molecule has 20 heavy (non-hydrogen) atoms. The van der Waals surface area contributed by atoms with Crippen molar-refractivity contribution in [1.82, 2.24) is 5.32 Å². The van der Waals surface area contributed by atoms with Gasteiger partial charge in [0.1, 0.15) is 0 Å². The molecule has 2 N–H and O–H groups in total. The van der Waals surface area contributed by atoms with Crippen molar-refractivity contribution >= 4 is 10.8 Å². The Morgan fingerprint density at radius 3 is 2.45 bits per heavy atom. The molecule has 2 fully saturated rings. The first-order chi connectivity index (χ1) is 9.08. The minimum atomic E-state index is -0.847. The van der Waals surface area contributed by atoms with Crippen LogP contribution in [0.25, 0.3) is 0 Å². The van der Waals surface area contributed by atoms with Gasteiger partial charge in [0, 0.05) is 39.8 Å². The largest absolute Gasteiger partial charge is 0.392 e. The van der Waals surface area contributed by atoms with Gasteiger partial charge in [-0.25, -0.2) is 0 Å². The molecule has 0 aromatic carbocycles. The number of aliphatic hydroxyl groups is 1. The summed E-state index contributed by atoms with van der Waals surface area (Å²) >= 11 is 0. The van der Waals surface area contributed by atoms with Crippen LogP contribution in [0.4, 0.5) is 0 Å². The van der Waals surface area contributed by atoms with Crippen LogP contribution >= 0.6 is 0 Å². The van der Waals surface area contributed by atoms with Crippen molar-refractivity contribution in [2.24, 2.45) is 16.7 Å². The molecule has 0 aromatic rings. The van der Waals surface area contributed by atoms with Crippen molar-refractivity contribution in [2.75, 3.05) is 18.1 Å². The minimum absolute atomic E-state index is 0.0765. The molecule has 0 aromatic heterocycles. The Morgan fingerprint density at radius 2 is 2.00 bits per heavy atom. The number of rotatable bonds is 5. The topological polar surface area (TPSA) is 49.3 Å². The number of nitrogens with one attached hydrogen (secondary N) is 1. The van der Waals surface area contributed by atoms with Crippen molar-refractivity contribution in [2.45, 2.75) is 65.5 Å². The average molecular weight is 301 g/mol. The molecule has 0 radical (unpaired) electrons. The highest BCUT2D eigenvalue weighted by Crippen LogP contribution is 2.65. The second kappa shape index (κ2) is 5.36. The van der Waals surface area contributed by atoms with Crippen molar-refractivity contribution in [3.63, 3.8) is 0 Å². The molecule has 2 aliphatic rings. The lowest BCUT2D eigenvalue weighted by Gasteiger charge is -2.40. The summed E-state index contributed by atoms with van der Waals surface area (Å²) < 4.78 is 12.5. The molecule has 2 bridgehead atoms. The zero-order chi connectivity index (χ0) is 15.2. The van der Waals surface area contributed by atoms with E-state index in [2.05, 4.69) is 39.9 Å². The summed E-state index contributed by atoms with van der Waals surface area (Å²) in [5.74, 6) is 1.97. The molecule has 0 aliphatic heterocycles. The van der Waals surface area contributed by atoms with Gasteiger partial charge in [-0.05, 0) is 51.4 Å². The molecule has 0 spiro atoms. The summed E-state index contributed by atoms with van der Waals surface area (Å²) in [6.45, 7) is 11.7. The third-order valence-electron chi connectivity index (χ3n) is 5.79. The van der Waals surface area contributed by atoms with Gasteiger partial charge in [0.05, 0.1) is 6.10 Å². The van der Waals surface area contributed by atoms with Gasteiger partial charge in [0.25, 0.3) is 0 Å². The van der Waals surface area contributed by atoms with Crippen LogP contribution in [0.1, 0.15) is 53.9 Å². The van der Waals surface area contributed by atoms with E-state index in [9.17, 15) is 9.32 Å². The minimum Gasteiger partial charge on any atom is -0.392 e. The Hall–Kier alpha value is 0.0700. The molecule has 2 rings (SSSR count). The van der Waals surface area contributed by atoms with E-state index in [4.69, 9.17) is 0 Å². The van der Waals surface area contributed by atoms with Gasteiger partial charge >= 0.3 is 0 Å². The summed E-state index contributed by atoms with van der Waals surface area (Å²) in [7, 11) is -0.847. The zero-order valence-corrected chi connectivity index (χ0v) is 14.5. The van der Waals surface area contributed by atoms with E-state index in [-0.39, 0.29) is 22.5 Å². The fourth-order valence-electron chi connectivity index (χ4n) is 4.28. The van der Waals surface area contributed by atoms with Gasteiger partial charge in [0.2, 0.25) is 0 Å². The Kier molecular flexibility index (Phi) is 4.41. The number of hydrogen-bond donors (Lipinski definition) is 2. The van der Waals surface area contributed by atoms with Crippen LogP contribution in [0.2, 0.25) is 0 Å². The van der Waals surface area contributed by atoms with E-state index in [1.807, 2.05) is 0 Å². The Balaban J connectivity index is 1.94. The highest BCUT2D eigenvalue weighted by Gasteiger charge is 2.63.